The Morgan fingerprint density at radius 1 is 1.23 bits per heavy atom. The van der Waals surface area contributed by atoms with Crippen LogP contribution in [0.3, 0.4) is 0 Å². The maximum atomic E-state index is 12.8. The topological polar surface area (TPSA) is 151 Å². The Bertz CT molecular complexity index is 1620. The van der Waals surface area contributed by atoms with Gasteiger partial charge in [-0.25, -0.2) is 14.8 Å². The Morgan fingerprint density at radius 2 is 2.00 bits per heavy atom. The molecule has 1 aliphatic heterocycles. The molecule has 0 radical (unpaired) electrons. The molecule has 0 bridgehead atoms. The summed E-state index contributed by atoms with van der Waals surface area (Å²) in [6, 6.07) is 15.4. The lowest BCUT2D eigenvalue weighted by molar-refractivity contribution is 0.0653. The van der Waals surface area contributed by atoms with Crippen molar-refractivity contribution in [1.29, 1.82) is 5.26 Å². The van der Waals surface area contributed by atoms with Crippen LogP contribution in [0.5, 0.6) is 0 Å². The number of anilines is 1. The molecule has 1 atom stereocenters. The lowest BCUT2D eigenvalue weighted by atomic mass is 10.00. The first-order valence-electron chi connectivity index (χ1n) is 12.2. The fourth-order valence-electron chi connectivity index (χ4n) is 4.36. The molecule has 3 heterocycles. The lowest BCUT2D eigenvalue weighted by Crippen LogP contribution is -2.43. The second kappa shape index (κ2) is 9.98. The highest BCUT2D eigenvalue weighted by atomic mass is 16.6. The summed E-state index contributed by atoms with van der Waals surface area (Å²) >= 11 is 0. The summed E-state index contributed by atoms with van der Waals surface area (Å²) in [6.45, 7) is 6.00. The number of rotatable bonds is 7. The fourth-order valence-corrected chi connectivity index (χ4v) is 4.36. The molecule has 196 valence electrons. The van der Waals surface area contributed by atoms with Gasteiger partial charge in [0.15, 0.2) is 5.58 Å². The first-order chi connectivity index (χ1) is 18.7. The SMILES string of the molecule is CC(C)c1cc(C#N)cc2nc(-c3ccc(C(=O)NCC4(C)CN(c5ccc(N=O)cn5)C(=O)O4)cc3)oc12. The number of hydrogen-bond donors (Lipinski definition) is 1. The molecule has 5 rings (SSSR count). The molecular formula is C28H24N6O5. The third-order valence-electron chi connectivity index (χ3n) is 6.45. The number of nitrogens with one attached hydrogen (secondary N) is 1. The molecule has 11 nitrogen and oxygen atoms in total. The number of aromatic nitrogens is 2. The summed E-state index contributed by atoms with van der Waals surface area (Å²) < 4.78 is 11.6. The number of nitriles is 1. The van der Waals surface area contributed by atoms with Crippen molar-refractivity contribution in [3.05, 3.63) is 76.3 Å². The van der Waals surface area contributed by atoms with Crippen molar-refractivity contribution in [3.63, 3.8) is 0 Å². The predicted octanol–water partition coefficient (Wildman–Crippen LogP) is 5.43. The maximum absolute atomic E-state index is 12.8. The molecule has 0 spiro atoms. The Balaban J connectivity index is 1.26. The van der Waals surface area contributed by atoms with Crippen LogP contribution in [-0.2, 0) is 4.74 Å². The standard InChI is InChI=1S/C28H24N6O5/c1-16(2)21-10-17(12-29)11-22-24(21)38-26(32-22)19-6-4-18(5-7-19)25(35)31-14-28(3)15-34(27(36)39-28)23-9-8-20(33-37)13-30-23/h4-11,13,16H,14-15H2,1-3H3,(H,31,35). The zero-order valence-corrected chi connectivity index (χ0v) is 21.5. The zero-order chi connectivity index (χ0) is 27.7. The number of hydrogen-bond acceptors (Lipinski definition) is 9. The van der Waals surface area contributed by atoms with Crippen LogP contribution in [0.4, 0.5) is 16.3 Å². The van der Waals surface area contributed by atoms with Crippen LogP contribution in [0.2, 0.25) is 0 Å². The van der Waals surface area contributed by atoms with Crippen molar-refractivity contribution in [2.24, 2.45) is 5.18 Å². The largest absolute Gasteiger partial charge is 0.439 e. The second-order valence-electron chi connectivity index (χ2n) is 9.83. The van der Waals surface area contributed by atoms with E-state index in [-0.39, 0.29) is 30.6 Å². The smallest absolute Gasteiger partial charge is 0.416 e. The highest BCUT2D eigenvalue weighted by Crippen LogP contribution is 2.32. The van der Waals surface area contributed by atoms with Gasteiger partial charge in [0.2, 0.25) is 5.89 Å². The number of carbonyl (C=O) groups excluding carboxylic acids is 2. The van der Waals surface area contributed by atoms with E-state index in [0.717, 1.165) is 5.56 Å². The van der Waals surface area contributed by atoms with E-state index >= 15 is 0 Å². The van der Waals surface area contributed by atoms with Crippen molar-refractivity contribution in [1.82, 2.24) is 15.3 Å². The Kier molecular flexibility index (Phi) is 6.54. The minimum Gasteiger partial charge on any atom is -0.439 e. The summed E-state index contributed by atoms with van der Waals surface area (Å²) in [7, 11) is 0. The monoisotopic (exact) mass is 524 g/mol. The van der Waals surface area contributed by atoms with Crippen molar-refractivity contribution >= 4 is 34.6 Å². The summed E-state index contributed by atoms with van der Waals surface area (Å²) in [4.78, 5) is 45.8. The average molecular weight is 525 g/mol. The van der Waals surface area contributed by atoms with Gasteiger partial charge in [-0.05, 0) is 66.5 Å². The highest BCUT2D eigenvalue weighted by molar-refractivity contribution is 5.95. The molecule has 2 amide bonds. The number of pyridine rings is 1. The molecule has 1 fully saturated rings. The molecule has 0 aliphatic carbocycles. The van der Waals surface area contributed by atoms with Crippen LogP contribution in [0, 0.1) is 16.2 Å². The van der Waals surface area contributed by atoms with Gasteiger partial charge in [-0.3, -0.25) is 9.69 Å². The van der Waals surface area contributed by atoms with E-state index in [1.165, 1.54) is 23.2 Å². The predicted molar refractivity (Wildman–Crippen MR) is 143 cm³/mol. The van der Waals surface area contributed by atoms with Crippen LogP contribution in [0.25, 0.3) is 22.6 Å². The van der Waals surface area contributed by atoms with Gasteiger partial charge in [-0.2, -0.15) is 5.26 Å². The third-order valence-corrected chi connectivity index (χ3v) is 6.45. The number of amides is 2. The van der Waals surface area contributed by atoms with Gasteiger partial charge in [0.1, 0.15) is 22.6 Å². The number of fused-ring (bicyclic) bond motifs is 1. The lowest BCUT2D eigenvalue weighted by Gasteiger charge is -2.22. The van der Waals surface area contributed by atoms with Crippen molar-refractivity contribution < 1.29 is 18.7 Å². The molecule has 2 aromatic carbocycles. The number of benzene rings is 2. The molecule has 1 aliphatic rings. The fraction of sp³-hybridized carbons (Fsp3) is 0.250. The minimum atomic E-state index is -0.982. The molecule has 11 heteroatoms. The Morgan fingerprint density at radius 3 is 2.64 bits per heavy atom. The van der Waals surface area contributed by atoms with Crippen molar-refractivity contribution in [2.75, 3.05) is 18.0 Å². The van der Waals surface area contributed by atoms with Gasteiger partial charge >= 0.3 is 6.09 Å². The van der Waals surface area contributed by atoms with Gasteiger partial charge in [-0.1, -0.05) is 13.8 Å². The maximum Gasteiger partial charge on any atom is 0.416 e. The number of cyclic esters (lactones) is 1. The van der Waals surface area contributed by atoms with Crippen LogP contribution < -0.4 is 10.2 Å². The zero-order valence-electron chi connectivity index (χ0n) is 21.5. The second-order valence-corrected chi connectivity index (χ2v) is 9.83. The third kappa shape index (κ3) is 5.04. The number of nitroso groups, excluding NO2 is 1. The van der Waals surface area contributed by atoms with Crippen LogP contribution >= 0.6 is 0 Å². The van der Waals surface area contributed by atoms with E-state index in [9.17, 15) is 19.8 Å². The molecule has 4 aromatic rings. The highest BCUT2D eigenvalue weighted by Gasteiger charge is 2.43. The van der Waals surface area contributed by atoms with Crippen LogP contribution in [0.1, 0.15) is 48.2 Å². The first-order valence-corrected chi connectivity index (χ1v) is 12.2. The van der Waals surface area contributed by atoms with Gasteiger partial charge in [0, 0.05) is 16.7 Å². The van der Waals surface area contributed by atoms with E-state index in [2.05, 4.69) is 26.5 Å². The van der Waals surface area contributed by atoms with Crippen LogP contribution in [-0.4, -0.2) is 40.7 Å². The molecule has 1 N–H and O–H groups in total. The summed E-state index contributed by atoms with van der Waals surface area (Å²) in [6.07, 6.45) is 0.668. The van der Waals surface area contributed by atoms with Gasteiger partial charge in [-0.15, -0.1) is 4.91 Å². The first kappa shape index (κ1) is 25.5. The molecular weight excluding hydrogens is 500 g/mol. The average Bonchev–Trinajstić information content (AvgIpc) is 3.51. The molecule has 39 heavy (non-hydrogen) atoms. The molecule has 2 aromatic heterocycles. The van der Waals surface area contributed by atoms with E-state index < -0.39 is 11.7 Å². The Hall–Kier alpha value is -5.11. The van der Waals surface area contributed by atoms with E-state index in [0.29, 0.717) is 39.5 Å². The van der Waals surface area contributed by atoms with E-state index in [1.807, 2.05) is 19.9 Å². The normalized spacial score (nSPS) is 16.8. The quantitative estimate of drug-likeness (QED) is 0.314. The molecule has 1 unspecified atom stereocenters. The number of oxazole rings is 1. The van der Waals surface area contributed by atoms with Gasteiger partial charge < -0.3 is 14.5 Å². The van der Waals surface area contributed by atoms with Gasteiger partial charge in [0.05, 0.1) is 30.9 Å². The molecule has 0 saturated carbocycles. The van der Waals surface area contributed by atoms with Crippen LogP contribution in [0.15, 0.2) is 64.3 Å². The number of carbonyl (C=O) groups is 2. The minimum absolute atomic E-state index is 0.0775. The van der Waals surface area contributed by atoms with Crippen molar-refractivity contribution in [3.8, 4) is 17.5 Å². The summed E-state index contributed by atoms with van der Waals surface area (Å²) in [5, 5.41) is 15.0. The summed E-state index contributed by atoms with van der Waals surface area (Å²) in [5.41, 5.74) is 2.94. The molecule has 1 saturated heterocycles. The van der Waals surface area contributed by atoms with E-state index in [1.54, 1.807) is 37.3 Å². The van der Waals surface area contributed by atoms with Gasteiger partial charge in [0.25, 0.3) is 5.91 Å². The summed E-state index contributed by atoms with van der Waals surface area (Å²) in [5.74, 6) is 0.527. The van der Waals surface area contributed by atoms with Crippen molar-refractivity contribution in [2.45, 2.75) is 32.3 Å². The number of nitrogens with zero attached hydrogens (tertiary/aromatic N) is 5. The Labute approximate surface area is 223 Å². The van der Waals surface area contributed by atoms with E-state index in [4.69, 9.17) is 9.15 Å². The number of ether oxygens (including phenoxy) is 1.